The predicted molar refractivity (Wildman–Crippen MR) is 124 cm³/mol. The van der Waals surface area contributed by atoms with E-state index in [0.717, 1.165) is 36.5 Å². The molecule has 3 saturated heterocycles. The van der Waals surface area contributed by atoms with E-state index in [1.165, 1.54) is 17.0 Å². The van der Waals surface area contributed by atoms with Crippen LogP contribution in [0, 0.1) is 17.7 Å². The van der Waals surface area contributed by atoms with Gasteiger partial charge in [-0.2, -0.15) is 13.2 Å². The minimum absolute atomic E-state index is 0.0445. The van der Waals surface area contributed by atoms with Gasteiger partial charge in [0.15, 0.2) is 0 Å². The lowest BCUT2D eigenvalue weighted by atomic mass is 9.89. The smallest absolute Gasteiger partial charge is 0.475 e. The Morgan fingerprint density at radius 2 is 1.84 bits per heavy atom. The number of imide groups is 1. The van der Waals surface area contributed by atoms with E-state index in [0.29, 0.717) is 0 Å². The highest BCUT2D eigenvalue weighted by Crippen LogP contribution is 2.43. The molecule has 2 amide bonds. The van der Waals surface area contributed by atoms with Crippen LogP contribution in [0.4, 0.5) is 17.6 Å². The molecule has 0 bridgehead atoms. The van der Waals surface area contributed by atoms with Crippen molar-refractivity contribution >= 4 is 23.9 Å². The highest BCUT2D eigenvalue weighted by Gasteiger charge is 2.60. The fourth-order valence-electron chi connectivity index (χ4n) is 5.05. The Balaban J connectivity index is 0.000000405. The monoisotopic (exact) mass is 520 g/mol. The Morgan fingerprint density at radius 3 is 2.46 bits per heavy atom. The molecule has 1 aromatic carbocycles. The molecular weight excluding hydrogens is 496 g/mol. The summed E-state index contributed by atoms with van der Waals surface area (Å²) in [7, 11) is 1.58. The number of carbonyl (C=O) groups is 3. The largest absolute Gasteiger partial charge is 0.490 e. The van der Waals surface area contributed by atoms with Gasteiger partial charge in [0.05, 0.1) is 17.5 Å². The first-order valence-corrected chi connectivity index (χ1v) is 11.5. The van der Waals surface area contributed by atoms with Crippen molar-refractivity contribution in [3.63, 3.8) is 0 Å². The summed E-state index contributed by atoms with van der Waals surface area (Å²) < 4.78 is 45.2. The molecule has 0 radical (unpaired) electrons. The second-order valence-electron chi connectivity index (χ2n) is 8.93. The van der Waals surface area contributed by atoms with Crippen LogP contribution < -0.4 is 5.32 Å². The number of aliphatic carboxylic acids is 1. The molecule has 12 heteroatoms. The molecule has 0 spiro atoms. The quantitative estimate of drug-likeness (QED) is 0.474. The van der Waals surface area contributed by atoms with Crippen molar-refractivity contribution in [1.29, 1.82) is 0 Å². The van der Waals surface area contributed by atoms with Crippen LogP contribution in [0.5, 0.6) is 0 Å². The highest BCUT2D eigenvalue weighted by molar-refractivity contribution is 6.06. The molecule has 3 aliphatic rings. The van der Waals surface area contributed by atoms with Gasteiger partial charge in [0.25, 0.3) is 0 Å². The summed E-state index contributed by atoms with van der Waals surface area (Å²) in [5.41, 5.74) is 2.38. The Hall–Kier alpha value is -3.64. The number of alkyl halides is 3. The summed E-state index contributed by atoms with van der Waals surface area (Å²) >= 11 is 0. The number of carboxylic acid groups (broad SMARTS) is 1. The number of aromatic nitrogens is 1. The van der Waals surface area contributed by atoms with Gasteiger partial charge in [0.1, 0.15) is 5.82 Å². The molecule has 4 atom stereocenters. The zero-order chi connectivity index (χ0) is 26.9. The summed E-state index contributed by atoms with van der Waals surface area (Å²) in [4.78, 5) is 42.4. The van der Waals surface area contributed by atoms with E-state index in [9.17, 15) is 27.2 Å². The Labute approximate surface area is 209 Å². The molecular formula is C25H24F4N4O4. The molecule has 3 fully saturated rings. The van der Waals surface area contributed by atoms with Gasteiger partial charge in [0.2, 0.25) is 11.8 Å². The van der Waals surface area contributed by atoms with Gasteiger partial charge in [-0.3, -0.25) is 24.4 Å². The minimum Gasteiger partial charge on any atom is -0.475 e. The maximum Gasteiger partial charge on any atom is 0.490 e. The maximum absolute atomic E-state index is 13.5. The summed E-state index contributed by atoms with van der Waals surface area (Å²) in [5.74, 6) is -3.82. The van der Waals surface area contributed by atoms with Crippen LogP contribution in [0.15, 0.2) is 48.7 Å². The first-order chi connectivity index (χ1) is 17.5. The fraction of sp³-hybridized carbons (Fsp3) is 0.360. The molecule has 0 saturated carbocycles. The third kappa shape index (κ3) is 5.39. The molecule has 4 unspecified atom stereocenters. The lowest BCUT2D eigenvalue weighted by Crippen LogP contribution is -2.54. The molecule has 3 aliphatic heterocycles. The fourth-order valence-corrected chi connectivity index (χ4v) is 5.05. The van der Waals surface area contributed by atoms with Crippen LogP contribution in [0.25, 0.3) is 17.2 Å². The second-order valence-corrected chi connectivity index (χ2v) is 8.93. The predicted octanol–water partition coefficient (Wildman–Crippen LogP) is 2.42. The van der Waals surface area contributed by atoms with E-state index in [1.54, 1.807) is 19.3 Å². The van der Waals surface area contributed by atoms with Crippen LogP contribution in [0.1, 0.15) is 5.69 Å². The van der Waals surface area contributed by atoms with Crippen molar-refractivity contribution in [1.82, 2.24) is 20.1 Å². The number of hydrogen-bond donors (Lipinski definition) is 2. The van der Waals surface area contributed by atoms with E-state index in [1.807, 2.05) is 30.4 Å². The lowest BCUT2D eigenvalue weighted by molar-refractivity contribution is -0.192. The van der Waals surface area contributed by atoms with E-state index in [-0.39, 0.29) is 41.6 Å². The van der Waals surface area contributed by atoms with Crippen molar-refractivity contribution in [2.45, 2.75) is 18.3 Å². The molecule has 2 aromatic rings. The van der Waals surface area contributed by atoms with Crippen molar-refractivity contribution in [2.24, 2.45) is 11.8 Å². The van der Waals surface area contributed by atoms with Gasteiger partial charge >= 0.3 is 12.1 Å². The molecule has 196 valence electrons. The van der Waals surface area contributed by atoms with Gasteiger partial charge in [-0.25, -0.2) is 9.18 Å². The van der Waals surface area contributed by atoms with Crippen molar-refractivity contribution in [3.05, 3.63) is 60.2 Å². The summed E-state index contributed by atoms with van der Waals surface area (Å²) in [6.45, 7) is 2.38. The van der Waals surface area contributed by atoms with Gasteiger partial charge < -0.3 is 10.4 Å². The number of hydrogen-bond acceptors (Lipinski definition) is 6. The SMILES string of the molecule is CN1C(=O)C2C(C1=O)C1CNCCN1C2/C=C/c1ccc(-c2cccc(F)c2)cn1.O=C(O)C(F)(F)F. The van der Waals surface area contributed by atoms with Crippen LogP contribution >= 0.6 is 0 Å². The van der Waals surface area contributed by atoms with Crippen molar-refractivity contribution in [2.75, 3.05) is 26.7 Å². The van der Waals surface area contributed by atoms with E-state index in [4.69, 9.17) is 9.90 Å². The number of piperazine rings is 1. The van der Waals surface area contributed by atoms with Crippen LogP contribution in [-0.4, -0.2) is 82.6 Å². The summed E-state index contributed by atoms with van der Waals surface area (Å²) in [6.07, 6.45) is 0.562. The first kappa shape index (κ1) is 26.4. The molecule has 37 heavy (non-hydrogen) atoms. The number of amides is 2. The summed E-state index contributed by atoms with van der Waals surface area (Å²) in [6, 6.07) is 10.1. The average Bonchev–Trinajstić information content (AvgIpc) is 3.31. The normalized spacial score (nSPS) is 25.6. The molecule has 5 rings (SSSR count). The number of benzene rings is 1. The third-order valence-electron chi connectivity index (χ3n) is 6.76. The van der Waals surface area contributed by atoms with Crippen molar-refractivity contribution < 1.29 is 37.1 Å². The number of nitrogens with zero attached hydrogens (tertiary/aromatic N) is 3. The highest BCUT2D eigenvalue weighted by atomic mass is 19.4. The molecule has 0 aliphatic carbocycles. The van der Waals surface area contributed by atoms with Gasteiger partial charge in [0, 0.05) is 50.5 Å². The Bertz CT molecular complexity index is 1220. The minimum atomic E-state index is -5.08. The topological polar surface area (TPSA) is 103 Å². The maximum atomic E-state index is 13.5. The zero-order valence-corrected chi connectivity index (χ0v) is 19.7. The van der Waals surface area contributed by atoms with E-state index < -0.39 is 12.1 Å². The second kappa shape index (κ2) is 10.4. The van der Waals surface area contributed by atoms with E-state index in [2.05, 4.69) is 15.2 Å². The first-order valence-electron chi connectivity index (χ1n) is 11.5. The van der Waals surface area contributed by atoms with Crippen LogP contribution in [-0.2, 0) is 14.4 Å². The molecule has 1 aromatic heterocycles. The van der Waals surface area contributed by atoms with E-state index >= 15 is 0 Å². The van der Waals surface area contributed by atoms with Gasteiger partial charge in [-0.1, -0.05) is 24.3 Å². The average molecular weight is 520 g/mol. The number of nitrogens with one attached hydrogen (secondary N) is 1. The van der Waals surface area contributed by atoms with Crippen LogP contribution in [0.3, 0.4) is 0 Å². The van der Waals surface area contributed by atoms with Crippen molar-refractivity contribution in [3.8, 4) is 11.1 Å². The Kier molecular flexibility index (Phi) is 7.42. The van der Waals surface area contributed by atoms with Gasteiger partial charge in [-0.05, 0) is 29.8 Å². The number of halogens is 4. The standard InChI is InChI=1S/C23H23FN4O2.C2HF3O2/c1-27-22(29)20-18(28-10-9-25-13-19(28)21(20)23(27)30)8-7-17-6-5-15(12-26-17)14-3-2-4-16(24)11-14;3-2(4,5)1(6)7/h2-8,11-12,18-21,25H,9-10,13H2,1H3;(H,6,7)/b8-7+;. The molecule has 2 N–H and O–H groups in total. The number of likely N-dealkylation sites (tertiary alicyclic amines) is 1. The number of fused-ring (bicyclic) bond motifs is 3. The number of carboxylic acids is 1. The number of rotatable bonds is 3. The summed E-state index contributed by atoms with van der Waals surface area (Å²) in [5, 5.41) is 10.5. The number of pyridine rings is 1. The lowest BCUT2D eigenvalue weighted by Gasteiger charge is -2.35. The third-order valence-corrected chi connectivity index (χ3v) is 6.76. The zero-order valence-electron chi connectivity index (χ0n) is 19.7. The number of carbonyl (C=O) groups excluding carboxylic acids is 2. The molecule has 4 heterocycles. The molecule has 8 nitrogen and oxygen atoms in total. The Morgan fingerprint density at radius 1 is 1.14 bits per heavy atom. The van der Waals surface area contributed by atoms with Crippen LogP contribution in [0.2, 0.25) is 0 Å². The van der Waals surface area contributed by atoms with Gasteiger partial charge in [-0.15, -0.1) is 0 Å².